The molecule has 0 radical (unpaired) electrons. The number of piperazine rings is 1. The lowest BCUT2D eigenvalue weighted by atomic mass is 10.3. The van der Waals surface area contributed by atoms with Crippen molar-refractivity contribution in [2.75, 3.05) is 31.1 Å². The minimum atomic E-state index is -3.59. The molecule has 148 valence electrons. The third-order valence-corrected chi connectivity index (χ3v) is 6.62. The molecule has 1 fully saturated rings. The number of hydrogen-bond acceptors (Lipinski definition) is 7. The van der Waals surface area contributed by atoms with Gasteiger partial charge in [0.25, 0.3) is 10.0 Å². The molecule has 28 heavy (non-hydrogen) atoms. The van der Waals surface area contributed by atoms with E-state index in [4.69, 9.17) is 0 Å². The van der Waals surface area contributed by atoms with Crippen molar-refractivity contribution in [1.29, 1.82) is 0 Å². The zero-order valence-corrected chi connectivity index (χ0v) is 16.8. The van der Waals surface area contributed by atoms with Crippen molar-refractivity contribution in [3.63, 3.8) is 0 Å². The number of rotatable bonds is 4. The van der Waals surface area contributed by atoms with Gasteiger partial charge < -0.3 is 9.47 Å². The molecular formula is C17H22N8O2S. The van der Waals surface area contributed by atoms with Crippen LogP contribution in [0.15, 0.2) is 35.9 Å². The molecule has 0 aliphatic carbocycles. The second kappa shape index (κ2) is 6.99. The largest absolute Gasteiger partial charge is 0.354 e. The van der Waals surface area contributed by atoms with E-state index in [-0.39, 0.29) is 5.03 Å². The van der Waals surface area contributed by atoms with Crippen LogP contribution in [-0.4, -0.2) is 68.2 Å². The van der Waals surface area contributed by atoms with Crippen LogP contribution in [0.25, 0.3) is 5.82 Å². The van der Waals surface area contributed by atoms with Gasteiger partial charge in [-0.15, -0.1) is 0 Å². The molecule has 3 aromatic heterocycles. The molecule has 0 aromatic carbocycles. The molecule has 0 saturated carbocycles. The first-order chi connectivity index (χ1) is 13.3. The maximum atomic E-state index is 12.8. The summed E-state index contributed by atoms with van der Waals surface area (Å²) in [6, 6.07) is 3.77. The Balaban J connectivity index is 1.48. The zero-order chi connectivity index (χ0) is 19.9. The van der Waals surface area contributed by atoms with E-state index in [2.05, 4.69) is 25.0 Å². The van der Waals surface area contributed by atoms with Crippen molar-refractivity contribution in [2.45, 2.75) is 18.9 Å². The smallest absolute Gasteiger partial charge is 0.262 e. The van der Waals surface area contributed by atoms with E-state index in [1.54, 1.807) is 29.4 Å². The zero-order valence-electron chi connectivity index (χ0n) is 16.0. The first kappa shape index (κ1) is 18.6. The Morgan fingerprint density at radius 1 is 1.04 bits per heavy atom. The average molecular weight is 402 g/mol. The average Bonchev–Trinajstić information content (AvgIpc) is 3.28. The maximum absolute atomic E-state index is 12.8. The number of hydrogen-bond donors (Lipinski definition) is 0. The molecule has 0 unspecified atom stereocenters. The van der Waals surface area contributed by atoms with Crippen molar-refractivity contribution in [2.24, 2.45) is 7.05 Å². The number of aryl methyl sites for hydroxylation is 3. The van der Waals surface area contributed by atoms with Gasteiger partial charge in [-0.1, -0.05) is 0 Å². The van der Waals surface area contributed by atoms with E-state index < -0.39 is 10.0 Å². The fourth-order valence-electron chi connectivity index (χ4n) is 3.12. The number of aromatic nitrogens is 6. The van der Waals surface area contributed by atoms with Crippen LogP contribution in [0.2, 0.25) is 0 Å². The van der Waals surface area contributed by atoms with E-state index >= 15 is 0 Å². The molecule has 0 bridgehead atoms. The standard InChI is InChI=1S/C17H22N8O2S/c1-13-4-5-25(21-13)16-10-15(18-12-19-16)23-6-8-24(9-7-23)28(26,27)17-11-22(3)14(2)20-17/h4-5,10-12H,6-9H2,1-3H3. The molecule has 11 heteroatoms. The number of anilines is 1. The van der Waals surface area contributed by atoms with Gasteiger partial charge in [-0.05, 0) is 19.9 Å². The van der Waals surface area contributed by atoms with Crippen LogP contribution in [0.3, 0.4) is 0 Å². The van der Waals surface area contributed by atoms with Gasteiger partial charge in [-0.2, -0.15) is 9.40 Å². The number of nitrogens with zero attached hydrogens (tertiary/aromatic N) is 8. The molecule has 4 rings (SSSR count). The van der Waals surface area contributed by atoms with Crippen molar-refractivity contribution >= 4 is 15.8 Å². The first-order valence-electron chi connectivity index (χ1n) is 8.94. The second-order valence-electron chi connectivity index (χ2n) is 6.76. The van der Waals surface area contributed by atoms with Gasteiger partial charge in [-0.3, -0.25) is 0 Å². The Labute approximate surface area is 163 Å². The molecule has 10 nitrogen and oxygen atoms in total. The van der Waals surface area contributed by atoms with Crippen molar-refractivity contribution in [3.8, 4) is 5.82 Å². The van der Waals surface area contributed by atoms with E-state index in [0.29, 0.717) is 37.8 Å². The maximum Gasteiger partial charge on any atom is 0.262 e. The van der Waals surface area contributed by atoms with Crippen LogP contribution in [-0.2, 0) is 17.1 Å². The minimum Gasteiger partial charge on any atom is -0.354 e. The summed E-state index contributed by atoms with van der Waals surface area (Å²) in [4.78, 5) is 14.8. The summed E-state index contributed by atoms with van der Waals surface area (Å²) in [5.41, 5.74) is 0.906. The van der Waals surface area contributed by atoms with Gasteiger partial charge in [0.15, 0.2) is 10.8 Å². The lowest BCUT2D eigenvalue weighted by Gasteiger charge is -2.34. The quantitative estimate of drug-likeness (QED) is 0.627. The molecule has 1 aliphatic rings. The Bertz CT molecular complexity index is 1080. The monoisotopic (exact) mass is 402 g/mol. The van der Waals surface area contributed by atoms with Crippen LogP contribution < -0.4 is 4.90 Å². The highest BCUT2D eigenvalue weighted by molar-refractivity contribution is 7.89. The lowest BCUT2D eigenvalue weighted by Crippen LogP contribution is -2.49. The van der Waals surface area contributed by atoms with Crippen molar-refractivity contribution < 1.29 is 8.42 Å². The lowest BCUT2D eigenvalue weighted by molar-refractivity contribution is 0.382. The fourth-order valence-corrected chi connectivity index (χ4v) is 4.57. The highest BCUT2D eigenvalue weighted by Gasteiger charge is 2.31. The summed E-state index contributed by atoms with van der Waals surface area (Å²) < 4.78 is 30.5. The van der Waals surface area contributed by atoms with Crippen LogP contribution in [0.1, 0.15) is 11.5 Å². The van der Waals surface area contributed by atoms with Crippen molar-refractivity contribution in [1.82, 2.24) is 33.6 Å². The third-order valence-electron chi connectivity index (χ3n) is 4.85. The molecule has 0 amide bonds. The molecule has 0 N–H and O–H groups in total. The third kappa shape index (κ3) is 3.38. The summed E-state index contributed by atoms with van der Waals surface area (Å²) in [5.74, 6) is 2.10. The highest BCUT2D eigenvalue weighted by atomic mass is 32.2. The molecular weight excluding hydrogens is 380 g/mol. The molecule has 4 heterocycles. The molecule has 3 aromatic rings. The Morgan fingerprint density at radius 3 is 2.36 bits per heavy atom. The van der Waals surface area contributed by atoms with E-state index in [1.807, 2.05) is 25.3 Å². The van der Waals surface area contributed by atoms with Crippen LogP contribution in [0.4, 0.5) is 5.82 Å². The molecule has 0 atom stereocenters. The summed E-state index contributed by atoms with van der Waals surface area (Å²) in [6.07, 6.45) is 4.90. The highest BCUT2D eigenvalue weighted by Crippen LogP contribution is 2.20. The van der Waals surface area contributed by atoms with E-state index in [1.165, 1.54) is 10.6 Å². The number of imidazole rings is 1. The summed E-state index contributed by atoms with van der Waals surface area (Å²) >= 11 is 0. The van der Waals surface area contributed by atoms with Gasteiger partial charge in [0, 0.05) is 51.7 Å². The first-order valence-corrected chi connectivity index (χ1v) is 10.4. The van der Waals surface area contributed by atoms with Gasteiger partial charge in [0.2, 0.25) is 0 Å². The summed E-state index contributed by atoms with van der Waals surface area (Å²) in [6.45, 7) is 5.53. The SMILES string of the molecule is Cc1ccn(-c2cc(N3CCN(S(=O)(=O)c4cn(C)c(C)n4)CC3)ncn2)n1. The minimum absolute atomic E-state index is 0.0966. The summed E-state index contributed by atoms with van der Waals surface area (Å²) in [7, 11) is -1.81. The predicted molar refractivity (Wildman–Crippen MR) is 103 cm³/mol. The van der Waals surface area contributed by atoms with E-state index in [9.17, 15) is 8.42 Å². The molecule has 1 aliphatic heterocycles. The molecule has 1 saturated heterocycles. The van der Waals surface area contributed by atoms with Gasteiger partial charge in [0.1, 0.15) is 18.0 Å². The molecule has 0 spiro atoms. The number of sulfonamides is 1. The van der Waals surface area contributed by atoms with Gasteiger partial charge in [0.05, 0.1) is 5.69 Å². The van der Waals surface area contributed by atoms with Crippen LogP contribution in [0, 0.1) is 13.8 Å². The fraction of sp³-hybridized carbons (Fsp3) is 0.412. The second-order valence-corrected chi connectivity index (χ2v) is 8.65. The topological polar surface area (TPSA) is 102 Å². The Morgan fingerprint density at radius 2 is 1.75 bits per heavy atom. The van der Waals surface area contributed by atoms with Gasteiger partial charge >= 0.3 is 0 Å². The summed E-state index contributed by atoms with van der Waals surface area (Å²) in [5, 5.41) is 4.46. The predicted octanol–water partition coefficient (Wildman–Crippen LogP) is 0.524. The van der Waals surface area contributed by atoms with Crippen LogP contribution >= 0.6 is 0 Å². The normalized spacial score (nSPS) is 15.9. The van der Waals surface area contributed by atoms with Crippen LogP contribution in [0.5, 0.6) is 0 Å². The van der Waals surface area contributed by atoms with E-state index in [0.717, 1.165) is 11.5 Å². The van der Waals surface area contributed by atoms with Gasteiger partial charge in [-0.25, -0.2) is 28.1 Å². The Hall–Kier alpha value is -2.79. The Kier molecular flexibility index (Phi) is 4.63. The van der Waals surface area contributed by atoms with Crippen molar-refractivity contribution in [3.05, 3.63) is 42.4 Å².